The number of aryl methyl sites for hydroxylation is 1. The number of ether oxygens (including phenoxy) is 1. The number of aliphatic hydroxyl groups excluding tert-OH is 1. The lowest BCUT2D eigenvalue weighted by atomic mass is 10.1. The minimum Gasteiger partial charge on any atom is -0.492 e. The Morgan fingerprint density at radius 2 is 2.09 bits per heavy atom. The highest BCUT2D eigenvalue weighted by molar-refractivity contribution is 5.31. The Labute approximate surface area is 134 Å². The fourth-order valence-electron chi connectivity index (χ4n) is 3.13. The van der Waals surface area contributed by atoms with E-state index in [9.17, 15) is 5.11 Å². The Morgan fingerprint density at radius 1 is 1.32 bits per heavy atom. The first kappa shape index (κ1) is 17.3. The van der Waals surface area contributed by atoms with Crippen LogP contribution in [0.4, 0.5) is 0 Å². The number of hydrogen-bond donors (Lipinski definition) is 1. The fourth-order valence-corrected chi connectivity index (χ4v) is 3.13. The molecule has 1 saturated heterocycles. The predicted molar refractivity (Wildman–Crippen MR) is 90.4 cm³/mol. The second-order valence-corrected chi connectivity index (χ2v) is 6.32. The summed E-state index contributed by atoms with van der Waals surface area (Å²) in [6, 6.07) is 8.71. The maximum absolute atomic E-state index is 9.60. The molecule has 4 heteroatoms. The molecule has 0 radical (unpaired) electrons. The summed E-state index contributed by atoms with van der Waals surface area (Å²) in [4.78, 5) is 4.90. The van der Waals surface area contributed by atoms with E-state index >= 15 is 0 Å². The summed E-state index contributed by atoms with van der Waals surface area (Å²) in [5, 5.41) is 9.60. The Bertz CT molecular complexity index is 450. The molecule has 0 saturated carbocycles. The normalized spacial score (nSPS) is 21.7. The zero-order chi connectivity index (χ0) is 15.9. The monoisotopic (exact) mass is 306 g/mol. The van der Waals surface area contributed by atoms with Gasteiger partial charge in [-0.1, -0.05) is 25.1 Å². The highest BCUT2D eigenvalue weighted by Gasteiger charge is 2.26. The standard InChI is InChI=1S/C18H30N2O2/c1-4-17-14-19(9-10-20(17)13-16(3)21)11-12-22-18-8-6-5-7-15(18)2/h5-8,16-17,21H,4,9-14H2,1-3H3/t16-,17-/m1/s1. The van der Waals surface area contributed by atoms with E-state index in [0.29, 0.717) is 6.04 Å². The smallest absolute Gasteiger partial charge is 0.122 e. The molecule has 124 valence electrons. The number of rotatable bonds is 7. The van der Waals surface area contributed by atoms with Crippen molar-refractivity contribution in [2.75, 3.05) is 39.3 Å². The maximum atomic E-state index is 9.60. The van der Waals surface area contributed by atoms with E-state index < -0.39 is 0 Å². The van der Waals surface area contributed by atoms with Gasteiger partial charge in [-0.3, -0.25) is 9.80 Å². The first-order valence-electron chi connectivity index (χ1n) is 8.43. The number of piperazine rings is 1. The third kappa shape index (κ3) is 4.97. The van der Waals surface area contributed by atoms with Gasteiger partial charge in [0.05, 0.1) is 6.10 Å². The maximum Gasteiger partial charge on any atom is 0.122 e. The van der Waals surface area contributed by atoms with Gasteiger partial charge in [0.2, 0.25) is 0 Å². The largest absolute Gasteiger partial charge is 0.492 e. The van der Waals surface area contributed by atoms with Crippen molar-refractivity contribution in [1.29, 1.82) is 0 Å². The molecule has 0 aliphatic carbocycles. The SMILES string of the molecule is CC[C@@H]1CN(CCOc2ccccc2C)CCN1C[C@@H](C)O. The van der Waals surface area contributed by atoms with E-state index in [4.69, 9.17) is 4.74 Å². The predicted octanol–water partition coefficient (Wildman–Crippen LogP) is 2.15. The summed E-state index contributed by atoms with van der Waals surface area (Å²) in [7, 11) is 0. The Morgan fingerprint density at radius 3 is 2.77 bits per heavy atom. The molecule has 0 amide bonds. The van der Waals surface area contributed by atoms with Gasteiger partial charge in [-0.05, 0) is 31.9 Å². The zero-order valence-corrected chi connectivity index (χ0v) is 14.2. The highest BCUT2D eigenvalue weighted by atomic mass is 16.5. The fraction of sp³-hybridized carbons (Fsp3) is 0.667. The van der Waals surface area contributed by atoms with Gasteiger partial charge >= 0.3 is 0 Å². The van der Waals surface area contributed by atoms with Gasteiger partial charge < -0.3 is 9.84 Å². The molecule has 1 aromatic rings. The average molecular weight is 306 g/mol. The molecule has 0 bridgehead atoms. The summed E-state index contributed by atoms with van der Waals surface area (Å²) in [5.41, 5.74) is 1.19. The van der Waals surface area contributed by atoms with Crippen LogP contribution in [0.15, 0.2) is 24.3 Å². The van der Waals surface area contributed by atoms with Crippen LogP contribution in [-0.4, -0.2) is 66.4 Å². The lowest BCUT2D eigenvalue weighted by Gasteiger charge is -2.41. The second-order valence-electron chi connectivity index (χ2n) is 6.32. The van der Waals surface area contributed by atoms with Gasteiger partial charge in [0.25, 0.3) is 0 Å². The molecule has 1 aliphatic heterocycles. The molecule has 1 N–H and O–H groups in total. The van der Waals surface area contributed by atoms with Crippen LogP contribution in [0.3, 0.4) is 0 Å². The quantitative estimate of drug-likeness (QED) is 0.837. The molecule has 0 aromatic heterocycles. The number of hydrogen-bond acceptors (Lipinski definition) is 4. The molecule has 0 unspecified atom stereocenters. The molecule has 0 spiro atoms. The summed E-state index contributed by atoms with van der Waals surface area (Å²) < 4.78 is 5.90. The second kappa shape index (κ2) is 8.51. The lowest BCUT2D eigenvalue weighted by Crippen LogP contribution is -2.55. The molecular formula is C18H30N2O2. The summed E-state index contributed by atoms with van der Waals surface area (Å²) in [6.07, 6.45) is 0.881. The van der Waals surface area contributed by atoms with Crippen molar-refractivity contribution in [1.82, 2.24) is 9.80 Å². The molecule has 1 heterocycles. The van der Waals surface area contributed by atoms with E-state index in [1.807, 2.05) is 25.1 Å². The summed E-state index contributed by atoms with van der Waals surface area (Å²) in [6.45, 7) is 11.8. The minimum atomic E-state index is -0.245. The van der Waals surface area contributed by atoms with Gasteiger partial charge in [-0.25, -0.2) is 0 Å². The van der Waals surface area contributed by atoms with Crippen molar-refractivity contribution in [3.63, 3.8) is 0 Å². The van der Waals surface area contributed by atoms with E-state index in [1.165, 1.54) is 5.56 Å². The number of β-amino-alcohol motifs (C(OH)–C–C–N with tert-alkyl or cyclic N) is 1. The van der Waals surface area contributed by atoms with Crippen molar-refractivity contribution in [3.8, 4) is 5.75 Å². The van der Waals surface area contributed by atoms with Crippen LogP contribution in [0.5, 0.6) is 5.75 Å². The van der Waals surface area contributed by atoms with E-state index in [1.54, 1.807) is 0 Å². The van der Waals surface area contributed by atoms with Crippen LogP contribution in [0.2, 0.25) is 0 Å². The van der Waals surface area contributed by atoms with E-state index in [-0.39, 0.29) is 6.10 Å². The van der Waals surface area contributed by atoms with Crippen LogP contribution >= 0.6 is 0 Å². The molecule has 1 aliphatic rings. The first-order valence-corrected chi connectivity index (χ1v) is 8.43. The number of benzene rings is 1. The highest BCUT2D eigenvalue weighted by Crippen LogP contribution is 2.17. The van der Waals surface area contributed by atoms with Gasteiger partial charge in [0.15, 0.2) is 0 Å². The first-order chi connectivity index (χ1) is 10.6. The molecule has 2 atom stereocenters. The molecule has 1 aromatic carbocycles. The topological polar surface area (TPSA) is 35.9 Å². The van der Waals surface area contributed by atoms with Crippen molar-refractivity contribution in [3.05, 3.63) is 29.8 Å². The van der Waals surface area contributed by atoms with Gasteiger partial charge in [0.1, 0.15) is 12.4 Å². The molecule has 4 nitrogen and oxygen atoms in total. The van der Waals surface area contributed by atoms with Gasteiger partial charge in [0, 0.05) is 38.8 Å². The average Bonchev–Trinajstić information content (AvgIpc) is 2.50. The summed E-state index contributed by atoms with van der Waals surface area (Å²) >= 11 is 0. The van der Waals surface area contributed by atoms with Crippen LogP contribution in [0, 0.1) is 6.92 Å². The van der Waals surface area contributed by atoms with Crippen LogP contribution in [-0.2, 0) is 0 Å². The van der Waals surface area contributed by atoms with Crippen molar-refractivity contribution in [2.24, 2.45) is 0 Å². The van der Waals surface area contributed by atoms with E-state index in [2.05, 4.69) is 29.7 Å². The van der Waals surface area contributed by atoms with Crippen LogP contribution < -0.4 is 4.74 Å². The molecule has 22 heavy (non-hydrogen) atoms. The van der Waals surface area contributed by atoms with Gasteiger partial charge in [-0.2, -0.15) is 0 Å². The van der Waals surface area contributed by atoms with Crippen molar-refractivity contribution >= 4 is 0 Å². The van der Waals surface area contributed by atoms with Gasteiger partial charge in [-0.15, -0.1) is 0 Å². The Hall–Kier alpha value is -1.10. The zero-order valence-electron chi connectivity index (χ0n) is 14.2. The third-order valence-electron chi connectivity index (χ3n) is 4.42. The Kier molecular flexibility index (Phi) is 6.68. The molecule has 2 rings (SSSR count). The third-order valence-corrected chi connectivity index (χ3v) is 4.42. The van der Waals surface area contributed by atoms with E-state index in [0.717, 1.165) is 51.5 Å². The minimum absolute atomic E-state index is 0.245. The molecular weight excluding hydrogens is 276 g/mol. The number of aliphatic hydroxyl groups is 1. The lowest BCUT2D eigenvalue weighted by molar-refractivity contribution is 0.0322. The van der Waals surface area contributed by atoms with Crippen LogP contribution in [0.25, 0.3) is 0 Å². The molecule has 1 fully saturated rings. The Balaban J connectivity index is 1.76. The number of para-hydroxylation sites is 1. The van der Waals surface area contributed by atoms with Crippen LogP contribution in [0.1, 0.15) is 25.8 Å². The summed E-state index contributed by atoms with van der Waals surface area (Å²) in [5.74, 6) is 0.988. The van der Waals surface area contributed by atoms with Crippen molar-refractivity contribution in [2.45, 2.75) is 39.3 Å². The number of nitrogens with zero attached hydrogens (tertiary/aromatic N) is 2. The van der Waals surface area contributed by atoms with Crippen molar-refractivity contribution < 1.29 is 9.84 Å².